The van der Waals surface area contributed by atoms with E-state index < -0.39 is 0 Å². The molecule has 0 fully saturated rings. The highest BCUT2D eigenvalue weighted by atomic mass is 13.9. The number of hydrogen-bond donors (Lipinski definition) is 0. The molecule has 68 valence electrons. The normalized spacial score (nSPS) is 14.0. The molecule has 0 unspecified atom stereocenters. The molecule has 0 saturated heterocycles. The summed E-state index contributed by atoms with van der Waals surface area (Å²) in [4.78, 5) is 0. The lowest BCUT2D eigenvalue weighted by molar-refractivity contribution is 1.65. The van der Waals surface area contributed by atoms with Crippen LogP contribution in [0.4, 0.5) is 0 Å². The summed E-state index contributed by atoms with van der Waals surface area (Å²) < 4.78 is 15.9. The molecule has 2 rings (SSSR count). The van der Waals surface area contributed by atoms with Crippen LogP contribution in [-0.2, 0) is 0 Å². The summed E-state index contributed by atoms with van der Waals surface area (Å²) in [7, 11) is 0. The Kier molecular flexibility index (Phi) is 2.09. The van der Waals surface area contributed by atoms with E-state index in [2.05, 4.69) is 0 Å². The van der Waals surface area contributed by atoms with Crippen LogP contribution in [-0.4, -0.2) is 0 Å². The molecule has 2 aromatic rings. The van der Waals surface area contributed by atoms with Gasteiger partial charge in [-0.1, -0.05) is 72.8 Å². The van der Waals surface area contributed by atoms with Crippen molar-refractivity contribution in [1.82, 2.24) is 0 Å². The van der Waals surface area contributed by atoms with E-state index in [1.54, 1.807) is 0 Å². The van der Waals surface area contributed by atoms with Crippen LogP contribution in [0.25, 0.3) is 12.1 Å². The maximum Gasteiger partial charge on any atom is 0.0629 e. The molecule has 14 heavy (non-hydrogen) atoms. The van der Waals surface area contributed by atoms with Crippen molar-refractivity contribution in [1.29, 1.82) is 0 Å². The Morgan fingerprint density at radius 2 is 1.00 bits per heavy atom. The third kappa shape index (κ3) is 2.33. The number of benzene rings is 2. The molecule has 0 aliphatic rings. The molecule has 0 bridgehead atoms. The molecule has 0 heterocycles. The zero-order chi connectivity index (χ0) is 11.4. The number of rotatable bonds is 2. The van der Waals surface area contributed by atoms with Crippen molar-refractivity contribution >= 4 is 12.1 Å². The van der Waals surface area contributed by atoms with E-state index in [4.69, 9.17) is 2.74 Å². The van der Waals surface area contributed by atoms with Crippen molar-refractivity contribution in [3.8, 4) is 0 Å². The SMILES string of the molecule is [2H]/C(=C(\[2H])c1ccccc1)c1ccccc1. The maximum atomic E-state index is 7.95. The summed E-state index contributed by atoms with van der Waals surface area (Å²) in [5.41, 5.74) is 1.55. The molecule has 0 radical (unpaired) electrons. The van der Waals surface area contributed by atoms with Gasteiger partial charge in [-0.3, -0.25) is 0 Å². The third-order valence-corrected chi connectivity index (χ3v) is 1.90. The first-order valence-corrected chi connectivity index (χ1v) is 4.57. The van der Waals surface area contributed by atoms with Crippen LogP contribution >= 0.6 is 0 Å². The summed E-state index contributed by atoms with van der Waals surface area (Å²) in [6, 6.07) is 19.2. The first-order chi connectivity index (χ1) is 7.79. The van der Waals surface area contributed by atoms with Crippen LogP contribution in [0.15, 0.2) is 60.7 Å². The Hall–Kier alpha value is -1.82. The van der Waals surface area contributed by atoms with E-state index in [1.807, 2.05) is 60.7 Å². The van der Waals surface area contributed by atoms with Crippen molar-refractivity contribution in [2.24, 2.45) is 0 Å². The Morgan fingerprint density at radius 3 is 1.36 bits per heavy atom. The van der Waals surface area contributed by atoms with Gasteiger partial charge in [0.15, 0.2) is 0 Å². The average Bonchev–Trinajstić information content (AvgIpc) is 2.39. The lowest BCUT2D eigenvalue weighted by atomic mass is 10.1. The van der Waals surface area contributed by atoms with Gasteiger partial charge in [0.05, 0.1) is 2.74 Å². The molecule has 2 aromatic carbocycles. The molecule has 0 spiro atoms. The fourth-order valence-electron chi connectivity index (χ4n) is 1.19. The molecule has 0 amide bonds. The molecule has 0 aliphatic heterocycles. The molecule has 0 atom stereocenters. The van der Waals surface area contributed by atoms with Gasteiger partial charge in [-0.15, -0.1) is 0 Å². The molecular weight excluding hydrogens is 168 g/mol. The van der Waals surface area contributed by atoms with Crippen LogP contribution in [0.5, 0.6) is 0 Å². The predicted octanol–water partition coefficient (Wildman–Crippen LogP) is 3.86. The highest BCUT2D eigenvalue weighted by Gasteiger charge is 1.84. The fourth-order valence-corrected chi connectivity index (χ4v) is 1.19. The summed E-state index contributed by atoms with van der Waals surface area (Å²) in [6.07, 6.45) is 0. The molecule has 0 N–H and O–H groups in total. The topological polar surface area (TPSA) is 0 Å². The zero-order valence-corrected chi connectivity index (χ0v) is 7.77. The quantitative estimate of drug-likeness (QED) is 0.619. The maximum absolute atomic E-state index is 7.95. The van der Waals surface area contributed by atoms with Crippen molar-refractivity contribution in [3.63, 3.8) is 0 Å². The van der Waals surface area contributed by atoms with Gasteiger partial charge < -0.3 is 0 Å². The van der Waals surface area contributed by atoms with E-state index in [-0.39, 0.29) is 12.1 Å². The van der Waals surface area contributed by atoms with Crippen LogP contribution in [0.2, 0.25) is 0 Å². The van der Waals surface area contributed by atoms with Gasteiger partial charge in [-0.25, -0.2) is 0 Å². The van der Waals surface area contributed by atoms with Crippen molar-refractivity contribution in [2.45, 2.75) is 0 Å². The monoisotopic (exact) mass is 182 g/mol. The van der Waals surface area contributed by atoms with Gasteiger partial charge >= 0.3 is 0 Å². The molecular formula is C14H12. The van der Waals surface area contributed by atoms with Gasteiger partial charge in [0.2, 0.25) is 0 Å². The van der Waals surface area contributed by atoms with Crippen LogP contribution in [0, 0.1) is 0 Å². The fraction of sp³-hybridized carbons (Fsp3) is 0. The first kappa shape index (κ1) is 6.61. The van der Waals surface area contributed by atoms with E-state index in [0.717, 1.165) is 11.1 Å². The summed E-state index contributed by atoms with van der Waals surface area (Å²) in [5.74, 6) is 0. The smallest absolute Gasteiger partial charge is 0.0622 e. The minimum Gasteiger partial charge on any atom is -0.0622 e. The van der Waals surface area contributed by atoms with E-state index in [0.29, 0.717) is 0 Å². The van der Waals surface area contributed by atoms with Gasteiger partial charge in [0.25, 0.3) is 0 Å². The van der Waals surface area contributed by atoms with Gasteiger partial charge in [-0.2, -0.15) is 0 Å². The lowest BCUT2D eigenvalue weighted by Crippen LogP contribution is -1.70. The summed E-state index contributed by atoms with van der Waals surface area (Å²) in [6.45, 7) is 0. The molecule has 0 saturated carbocycles. The highest BCUT2D eigenvalue weighted by Crippen LogP contribution is 2.06. The standard InChI is InChI=1S/C14H12/c1-3-7-13(8-4-1)11-12-14-9-5-2-6-10-14/h1-12H/b12-11-/i11D,12D. The minimum absolute atomic E-state index is 0.256. The zero-order valence-electron chi connectivity index (χ0n) is 9.77. The molecule has 0 aliphatic carbocycles. The molecule has 0 aromatic heterocycles. The van der Waals surface area contributed by atoms with Crippen molar-refractivity contribution in [3.05, 3.63) is 71.8 Å². The second-order valence-corrected chi connectivity index (χ2v) is 2.98. The lowest BCUT2D eigenvalue weighted by Gasteiger charge is -1.92. The predicted molar refractivity (Wildman–Crippen MR) is 61.8 cm³/mol. The minimum atomic E-state index is 0.256. The van der Waals surface area contributed by atoms with E-state index in [1.165, 1.54) is 0 Å². The Balaban J connectivity index is 2.43. The number of hydrogen-bond acceptors (Lipinski definition) is 0. The van der Waals surface area contributed by atoms with Crippen molar-refractivity contribution < 1.29 is 2.74 Å². The Bertz CT molecular complexity index is 439. The second-order valence-electron chi connectivity index (χ2n) is 2.98. The van der Waals surface area contributed by atoms with Gasteiger partial charge in [0.1, 0.15) is 0 Å². The van der Waals surface area contributed by atoms with E-state index >= 15 is 0 Å². The summed E-state index contributed by atoms with van der Waals surface area (Å²) >= 11 is 0. The van der Waals surface area contributed by atoms with Crippen molar-refractivity contribution in [2.75, 3.05) is 0 Å². The first-order valence-electron chi connectivity index (χ1n) is 5.57. The van der Waals surface area contributed by atoms with Gasteiger partial charge in [0, 0.05) is 0 Å². The highest BCUT2D eigenvalue weighted by molar-refractivity contribution is 5.69. The van der Waals surface area contributed by atoms with E-state index in [9.17, 15) is 0 Å². The second kappa shape index (κ2) is 4.43. The Labute approximate surface area is 87.3 Å². The largest absolute Gasteiger partial charge is 0.0629 e. The van der Waals surface area contributed by atoms with Crippen LogP contribution < -0.4 is 0 Å². The average molecular weight is 182 g/mol. The molecule has 0 heteroatoms. The Morgan fingerprint density at radius 1 is 0.643 bits per heavy atom. The molecule has 0 nitrogen and oxygen atoms in total. The van der Waals surface area contributed by atoms with Crippen LogP contribution in [0.1, 0.15) is 13.9 Å². The van der Waals surface area contributed by atoms with Gasteiger partial charge in [-0.05, 0) is 11.1 Å². The van der Waals surface area contributed by atoms with Crippen LogP contribution in [0.3, 0.4) is 0 Å². The summed E-state index contributed by atoms with van der Waals surface area (Å²) in [5, 5.41) is 0. The third-order valence-electron chi connectivity index (χ3n) is 1.90.